The highest BCUT2D eigenvalue weighted by Gasteiger charge is 2.10. The number of nitrogens with zero attached hydrogens (tertiary/aromatic N) is 3. The summed E-state index contributed by atoms with van der Waals surface area (Å²) in [5.41, 5.74) is 1.40. The highest BCUT2D eigenvalue weighted by Crippen LogP contribution is 2.25. The van der Waals surface area contributed by atoms with Gasteiger partial charge in [0.15, 0.2) is 5.82 Å². The fourth-order valence-electron chi connectivity index (χ4n) is 2.18. The van der Waals surface area contributed by atoms with Crippen LogP contribution in [0.25, 0.3) is 11.5 Å². The van der Waals surface area contributed by atoms with Gasteiger partial charge in [0, 0.05) is 6.20 Å². The van der Waals surface area contributed by atoms with Crippen molar-refractivity contribution in [3.05, 3.63) is 48.4 Å². The van der Waals surface area contributed by atoms with E-state index in [9.17, 15) is 4.79 Å². The topological polar surface area (TPSA) is 90.1 Å². The molecule has 0 spiro atoms. The number of benzene rings is 1. The smallest absolute Gasteiger partial charge is 0.259 e. The predicted molar refractivity (Wildman–Crippen MR) is 99.2 cm³/mol. The van der Waals surface area contributed by atoms with E-state index in [1.165, 1.54) is 11.8 Å². The Morgan fingerprint density at radius 1 is 1.27 bits per heavy atom. The number of hydrogen-bond acceptors (Lipinski definition) is 7. The Morgan fingerprint density at radius 2 is 2.12 bits per heavy atom. The summed E-state index contributed by atoms with van der Waals surface area (Å²) in [7, 11) is 0. The number of carbonyl (C=O) groups excluding carboxylic acids is 1. The number of amides is 1. The lowest BCUT2D eigenvalue weighted by Gasteiger charge is -2.11. The van der Waals surface area contributed by atoms with Crippen molar-refractivity contribution in [3.8, 4) is 17.2 Å². The van der Waals surface area contributed by atoms with Crippen molar-refractivity contribution in [2.45, 2.75) is 18.9 Å². The molecule has 0 saturated heterocycles. The van der Waals surface area contributed by atoms with Gasteiger partial charge in [-0.1, -0.05) is 29.1 Å². The zero-order valence-electron chi connectivity index (χ0n) is 14.4. The van der Waals surface area contributed by atoms with Crippen LogP contribution in [0.2, 0.25) is 0 Å². The normalized spacial score (nSPS) is 10.5. The Balaban J connectivity index is 1.56. The summed E-state index contributed by atoms with van der Waals surface area (Å²) in [5, 5.41) is 7.35. The van der Waals surface area contributed by atoms with Gasteiger partial charge >= 0.3 is 0 Å². The molecule has 1 N–H and O–H groups in total. The molecule has 0 unspecified atom stereocenters. The minimum atomic E-state index is -0.124. The van der Waals surface area contributed by atoms with Crippen LogP contribution in [0.1, 0.15) is 12.7 Å². The number of ether oxygens (including phenoxy) is 1. The monoisotopic (exact) mass is 370 g/mol. The van der Waals surface area contributed by atoms with Crippen LogP contribution in [0.15, 0.2) is 52.1 Å². The third-order valence-corrected chi connectivity index (χ3v) is 4.27. The molecular weight excluding hydrogens is 352 g/mol. The molecule has 134 valence electrons. The minimum absolute atomic E-state index is 0.124. The average Bonchev–Trinajstić information content (AvgIpc) is 3.09. The summed E-state index contributed by atoms with van der Waals surface area (Å²) in [5.74, 6) is 1.78. The Kier molecular flexibility index (Phi) is 5.85. The first-order valence-electron chi connectivity index (χ1n) is 8.07. The van der Waals surface area contributed by atoms with E-state index >= 15 is 0 Å². The molecule has 1 aromatic carbocycles. The van der Waals surface area contributed by atoms with E-state index < -0.39 is 0 Å². The second kappa shape index (κ2) is 8.48. The van der Waals surface area contributed by atoms with Gasteiger partial charge < -0.3 is 14.6 Å². The van der Waals surface area contributed by atoms with Gasteiger partial charge in [0.1, 0.15) is 5.75 Å². The van der Waals surface area contributed by atoms with E-state index in [2.05, 4.69) is 20.4 Å². The lowest BCUT2D eigenvalue weighted by molar-refractivity contribution is -0.113. The SMILES string of the molecule is CCOc1ccccc1NC(=O)CSc1ccc(-c2nc(C)no2)cn1. The first-order valence-corrected chi connectivity index (χ1v) is 9.05. The molecule has 0 bridgehead atoms. The number of hydrogen-bond donors (Lipinski definition) is 1. The molecule has 0 radical (unpaired) electrons. The van der Waals surface area contributed by atoms with E-state index in [4.69, 9.17) is 9.26 Å². The zero-order valence-corrected chi connectivity index (χ0v) is 15.2. The molecule has 0 aliphatic rings. The first kappa shape index (κ1) is 17.9. The fourth-order valence-corrected chi connectivity index (χ4v) is 2.83. The number of aryl methyl sites for hydroxylation is 1. The van der Waals surface area contributed by atoms with E-state index in [0.29, 0.717) is 29.8 Å². The summed E-state index contributed by atoms with van der Waals surface area (Å²) in [6.07, 6.45) is 1.65. The number of pyridine rings is 1. The van der Waals surface area contributed by atoms with Crippen molar-refractivity contribution in [1.29, 1.82) is 0 Å². The predicted octanol–water partition coefficient (Wildman–Crippen LogP) is 3.57. The third-order valence-electron chi connectivity index (χ3n) is 3.32. The van der Waals surface area contributed by atoms with Crippen LogP contribution in [-0.2, 0) is 4.79 Å². The van der Waals surface area contributed by atoms with Gasteiger partial charge in [0.25, 0.3) is 5.89 Å². The number of thioether (sulfide) groups is 1. The molecule has 2 heterocycles. The summed E-state index contributed by atoms with van der Waals surface area (Å²) >= 11 is 1.35. The second-order valence-electron chi connectivity index (χ2n) is 5.30. The molecule has 0 saturated carbocycles. The quantitative estimate of drug-likeness (QED) is 0.636. The molecule has 3 rings (SSSR count). The van der Waals surface area contributed by atoms with Crippen molar-refractivity contribution < 1.29 is 14.1 Å². The Bertz CT molecular complexity index is 880. The van der Waals surface area contributed by atoms with Crippen LogP contribution in [-0.4, -0.2) is 33.4 Å². The van der Waals surface area contributed by atoms with Crippen LogP contribution < -0.4 is 10.1 Å². The Labute approximate surface area is 155 Å². The van der Waals surface area contributed by atoms with Gasteiger partial charge in [-0.2, -0.15) is 4.98 Å². The number of para-hydroxylation sites is 2. The molecule has 0 atom stereocenters. The molecule has 1 amide bonds. The molecule has 3 aromatic rings. The molecule has 26 heavy (non-hydrogen) atoms. The van der Waals surface area contributed by atoms with Crippen LogP contribution in [0.3, 0.4) is 0 Å². The Morgan fingerprint density at radius 3 is 2.81 bits per heavy atom. The van der Waals surface area contributed by atoms with Gasteiger partial charge in [-0.15, -0.1) is 0 Å². The number of nitrogens with one attached hydrogen (secondary N) is 1. The Hall–Kier alpha value is -2.87. The summed E-state index contributed by atoms with van der Waals surface area (Å²) in [6, 6.07) is 11.0. The van der Waals surface area contributed by atoms with Crippen LogP contribution in [0.5, 0.6) is 5.75 Å². The second-order valence-corrected chi connectivity index (χ2v) is 6.29. The third kappa shape index (κ3) is 4.60. The molecule has 0 aliphatic heterocycles. The molecule has 2 aromatic heterocycles. The molecule has 0 aliphatic carbocycles. The van der Waals surface area contributed by atoms with Crippen molar-refractivity contribution in [3.63, 3.8) is 0 Å². The van der Waals surface area contributed by atoms with Gasteiger partial charge in [-0.05, 0) is 38.1 Å². The van der Waals surface area contributed by atoms with Crippen molar-refractivity contribution in [2.75, 3.05) is 17.7 Å². The maximum absolute atomic E-state index is 12.2. The van der Waals surface area contributed by atoms with Gasteiger partial charge in [-0.25, -0.2) is 4.98 Å². The summed E-state index contributed by atoms with van der Waals surface area (Å²) in [6.45, 7) is 4.20. The van der Waals surface area contributed by atoms with Crippen LogP contribution >= 0.6 is 11.8 Å². The van der Waals surface area contributed by atoms with Gasteiger partial charge in [0.2, 0.25) is 5.91 Å². The standard InChI is InChI=1S/C18H18N4O3S/c1-3-24-15-7-5-4-6-14(15)21-16(23)11-26-17-9-8-13(10-19-17)18-20-12(2)22-25-18/h4-10H,3,11H2,1-2H3,(H,21,23). The largest absolute Gasteiger partial charge is 0.492 e. The molecular formula is C18H18N4O3S. The number of anilines is 1. The van der Waals surface area contributed by atoms with E-state index in [1.54, 1.807) is 13.1 Å². The lowest BCUT2D eigenvalue weighted by Crippen LogP contribution is -2.15. The molecule has 7 nitrogen and oxygen atoms in total. The van der Waals surface area contributed by atoms with E-state index in [1.807, 2.05) is 43.3 Å². The highest BCUT2D eigenvalue weighted by atomic mass is 32.2. The van der Waals surface area contributed by atoms with Crippen molar-refractivity contribution in [1.82, 2.24) is 15.1 Å². The minimum Gasteiger partial charge on any atom is -0.492 e. The maximum Gasteiger partial charge on any atom is 0.259 e. The number of aromatic nitrogens is 3. The fraction of sp³-hybridized carbons (Fsp3) is 0.222. The van der Waals surface area contributed by atoms with Gasteiger partial charge in [0.05, 0.1) is 28.6 Å². The van der Waals surface area contributed by atoms with E-state index in [0.717, 1.165) is 10.6 Å². The first-order chi connectivity index (χ1) is 12.7. The number of rotatable bonds is 7. The zero-order chi connectivity index (χ0) is 18.4. The van der Waals surface area contributed by atoms with Gasteiger partial charge in [-0.3, -0.25) is 4.79 Å². The van der Waals surface area contributed by atoms with Crippen molar-refractivity contribution >= 4 is 23.4 Å². The van der Waals surface area contributed by atoms with E-state index in [-0.39, 0.29) is 11.7 Å². The number of carbonyl (C=O) groups is 1. The van der Waals surface area contributed by atoms with Crippen LogP contribution in [0, 0.1) is 6.92 Å². The highest BCUT2D eigenvalue weighted by molar-refractivity contribution is 7.99. The summed E-state index contributed by atoms with van der Waals surface area (Å²) in [4.78, 5) is 20.7. The molecule has 0 fully saturated rings. The summed E-state index contributed by atoms with van der Waals surface area (Å²) < 4.78 is 10.6. The molecule has 8 heteroatoms. The van der Waals surface area contributed by atoms with Crippen molar-refractivity contribution in [2.24, 2.45) is 0 Å². The lowest BCUT2D eigenvalue weighted by atomic mass is 10.3. The maximum atomic E-state index is 12.2. The average molecular weight is 370 g/mol. The van der Waals surface area contributed by atoms with Crippen LogP contribution in [0.4, 0.5) is 5.69 Å².